The van der Waals surface area contributed by atoms with Crippen molar-refractivity contribution in [2.24, 2.45) is 9.98 Å². The zero-order valence-electron chi connectivity index (χ0n) is 48.5. The average molecular weight is 1470 g/mol. The Morgan fingerprint density at radius 1 is 0.284 bits per heavy atom. The van der Waals surface area contributed by atoms with Crippen LogP contribution in [-0.2, 0) is 6.42 Å². The molecule has 0 aliphatic carbocycles. The van der Waals surface area contributed by atoms with Crippen LogP contribution in [0, 0.1) is 175 Å². The number of benzene rings is 6. The van der Waals surface area contributed by atoms with Crippen LogP contribution < -0.4 is 16.0 Å². The van der Waals surface area contributed by atoms with Crippen LogP contribution in [0.3, 0.4) is 0 Å². The first kappa shape index (κ1) is 70.3. The SMILES string of the molecule is Fc1c(F)c(F)c(CC2C=C/C(=C(C3=N/C(=C(\c4ccc(/C(c5c(F)c(F)c(F)c(F)c5F)=c5\cc/c(=C(C6=N/C(=C(\c7ccc[nH]7)c7c(F)c(F)c(F)c(F)c7F)C=C6)\c6c(F)c(F)c(F)c(F)c6F)[nH]5)[nH]4)c4c(F)c(F)c(F)c(F)c4F)C=C3)/c3c(F)c(F)c(F)c(F)c3F)N2)c(F)c1F. The molecule has 1 atom stereocenters. The van der Waals surface area contributed by atoms with Gasteiger partial charge in [-0.15, -0.1) is 0 Å². The van der Waals surface area contributed by atoms with E-state index in [1.165, 1.54) is 0 Å². The topological polar surface area (TPSA) is 84.1 Å². The van der Waals surface area contributed by atoms with Crippen LogP contribution in [0.25, 0.3) is 27.9 Å². The van der Waals surface area contributed by atoms with Crippen molar-refractivity contribution in [1.82, 2.24) is 20.3 Å². The third-order valence-corrected chi connectivity index (χ3v) is 15.8. The first-order valence-corrected chi connectivity index (χ1v) is 27.7. The molecule has 6 aromatic carbocycles. The van der Waals surface area contributed by atoms with Gasteiger partial charge in [-0.2, -0.15) is 0 Å². The van der Waals surface area contributed by atoms with Crippen LogP contribution in [0.5, 0.6) is 0 Å². The standard InChI is InChI=1S/C66H20F30N6/c67-37-16(38(68)50(80)61(91)49(37)79)14-15-3-4-18(98-15)28(33-41(71)53(83)63(93)54(84)42(33)72)20-7-8-22(100-20)30(35-45(75)57(87)65(95)58(88)46(35)76)24-11-12-26(102-24)31(36-47(77)59(89)66(96)60(90)48(36)78)25-10-9-23(101-25)29(34-43(73)55(85)64(94)56(86)44(34)74)21-6-5-19(99-21)27(17-2-1-13-97-17)32-39(69)51(81)62(92)52(82)40(32)70/h1-13,15,97-98,101-102H,14H2/b27-19+,28-18-,29-23+,30-22+,31-25-. The number of halogens is 30. The van der Waals surface area contributed by atoms with E-state index in [-0.39, 0.29) is 0 Å². The quantitative estimate of drug-likeness (QED) is 0.0549. The van der Waals surface area contributed by atoms with Crippen LogP contribution in [0.15, 0.2) is 106 Å². The largest absolute Gasteiger partial charge is 0.378 e. The molecule has 0 spiro atoms. The molecule has 0 bridgehead atoms. The normalized spacial score (nSPS) is 16.4. The maximum absolute atomic E-state index is 16.5. The molecule has 6 heterocycles. The molecule has 9 aromatic rings. The van der Waals surface area contributed by atoms with E-state index < -0.39 is 305 Å². The molecular formula is C66H20F30N6. The number of hydrogen-bond acceptors (Lipinski definition) is 3. The summed E-state index contributed by atoms with van der Waals surface area (Å²) in [5, 5.41) is -0.136. The van der Waals surface area contributed by atoms with E-state index in [1.807, 2.05) is 0 Å². The number of nitrogens with one attached hydrogen (secondary N) is 4. The molecule has 0 saturated heterocycles. The summed E-state index contributed by atoms with van der Waals surface area (Å²) in [6, 6.07) is 1.95. The van der Waals surface area contributed by atoms with E-state index in [9.17, 15) is 52.7 Å². The third kappa shape index (κ3) is 10.9. The first-order chi connectivity index (χ1) is 48.1. The van der Waals surface area contributed by atoms with Crippen molar-refractivity contribution in [3.63, 3.8) is 0 Å². The first-order valence-electron chi connectivity index (χ1n) is 27.7. The molecule has 0 radical (unpaired) electrons. The van der Waals surface area contributed by atoms with Crippen molar-refractivity contribution in [3.8, 4) is 0 Å². The van der Waals surface area contributed by atoms with Gasteiger partial charge in [0.2, 0.25) is 34.9 Å². The summed E-state index contributed by atoms with van der Waals surface area (Å²) in [6.45, 7) is 0. The minimum Gasteiger partial charge on any atom is -0.378 e. The highest BCUT2D eigenvalue weighted by atomic mass is 19.2. The van der Waals surface area contributed by atoms with Crippen molar-refractivity contribution in [2.75, 3.05) is 0 Å². The van der Waals surface area contributed by atoms with E-state index in [1.54, 1.807) is 0 Å². The lowest BCUT2D eigenvalue weighted by molar-refractivity contribution is 0.368. The van der Waals surface area contributed by atoms with Gasteiger partial charge in [-0.1, -0.05) is 6.08 Å². The predicted molar refractivity (Wildman–Crippen MR) is 295 cm³/mol. The van der Waals surface area contributed by atoms with Crippen LogP contribution >= 0.6 is 0 Å². The second-order valence-corrected chi connectivity index (χ2v) is 21.5. The highest BCUT2D eigenvalue weighted by Gasteiger charge is 2.39. The summed E-state index contributed by atoms with van der Waals surface area (Å²) >= 11 is 0. The smallest absolute Gasteiger partial charge is 0.200 e. The number of aromatic nitrogens is 3. The highest BCUT2D eigenvalue weighted by molar-refractivity contribution is 6.32. The molecular weight excluding hydrogens is 1450 g/mol. The second kappa shape index (κ2) is 25.8. The van der Waals surface area contributed by atoms with Crippen LogP contribution in [0.2, 0.25) is 0 Å². The lowest BCUT2D eigenvalue weighted by Crippen LogP contribution is -2.27. The van der Waals surface area contributed by atoms with Crippen molar-refractivity contribution in [1.29, 1.82) is 0 Å². The Balaban J connectivity index is 1.13. The van der Waals surface area contributed by atoms with E-state index in [0.29, 0.717) is 54.6 Å². The molecule has 4 N–H and O–H groups in total. The molecule has 3 aliphatic heterocycles. The van der Waals surface area contributed by atoms with Gasteiger partial charge in [-0.3, -0.25) is 0 Å². The minimum atomic E-state index is -2.91. The fourth-order valence-electron chi connectivity index (χ4n) is 11.1. The fraction of sp³-hybridized carbons (Fsp3) is 0.0303. The fourth-order valence-corrected chi connectivity index (χ4v) is 11.1. The van der Waals surface area contributed by atoms with Gasteiger partial charge >= 0.3 is 0 Å². The summed E-state index contributed by atoms with van der Waals surface area (Å²) in [6.07, 6.45) is 3.07. The highest BCUT2D eigenvalue weighted by Crippen LogP contribution is 2.43. The molecule has 1 unspecified atom stereocenters. The van der Waals surface area contributed by atoms with Gasteiger partial charge in [0, 0.05) is 85.6 Å². The second-order valence-electron chi connectivity index (χ2n) is 21.5. The molecule has 3 aromatic heterocycles. The third-order valence-electron chi connectivity index (χ3n) is 15.8. The Labute approximate surface area is 544 Å². The van der Waals surface area contributed by atoms with E-state index in [2.05, 4.69) is 30.3 Å². The maximum atomic E-state index is 16.5. The number of nitrogens with zero attached hydrogens (tertiary/aromatic N) is 2. The number of rotatable bonds is 12. The van der Waals surface area contributed by atoms with Crippen molar-refractivity contribution < 1.29 is 132 Å². The molecule has 524 valence electrons. The van der Waals surface area contributed by atoms with Gasteiger partial charge in [0.05, 0.1) is 50.6 Å². The Hall–Kier alpha value is -11.6. The zero-order valence-corrected chi connectivity index (χ0v) is 48.5. The van der Waals surface area contributed by atoms with Crippen molar-refractivity contribution in [3.05, 3.63) is 332 Å². The average Bonchev–Trinajstić information content (AvgIpc) is 1.54. The predicted octanol–water partition coefficient (Wildman–Crippen LogP) is 16.7. The molecule has 6 nitrogen and oxygen atoms in total. The number of hydrogen-bond donors (Lipinski definition) is 4. The van der Waals surface area contributed by atoms with E-state index >= 15 is 79.0 Å². The molecule has 0 fully saturated rings. The molecule has 36 heteroatoms. The van der Waals surface area contributed by atoms with E-state index in [4.69, 9.17) is 0 Å². The lowest BCUT2D eigenvalue weighted by Gasteiger charge is -2.18. The maximum Gasteiger partial charge on any atom is 0.200 e. The Bertz CT molecular complexity index is 5470. The monoisotopic (exact) mass is 1470 g/mol. The number of aromatic amines is 3. The van der Waals surface area contributed by atoms with Crippen molar-refractivity contribution >= 4 is 39.3 Å². The van der Waals surface area contributed by atoms with Crippen LogP contribution in [0.1, 0.15) is 50.5 Å². The number of allylic oxidation sites excluding steroid dienone is 6. The minimum absolute atomic E-state index is 0.409. The van der Waals surface area contributed by atoms with Gasteiger partial charge < -0.3 is 20.3 Å². The van der Waals surface area contributed by atoms with Gasteiger partial charge in [-0.25, -0.2) is 142 Å². The van der Waals surface area contributed by atoms with Gasteiger partial charge in [0.15, 0.2) is 140 Å². The van der Waals surface area contributed by atoms with E-state index in [0.717, 1.165) is 24.4 Å². The van der Waals surface area contributed by atoms with Gasteiger partial charge in [-0.05, 0) is 66.8 Å². The van der Waals surface area contributed by atoms with Crippen molar-refractivity contribution in [2.45, 2.75) is 12.5 Å². The number of H-pyrrole nitrogens is 3. The summed E-state index contributed by atoms with van der Waals surface area (Å²) < 4.78 is 460. The molecule has 0 amide bonds. The molecule has 12 rings (SSSR count). The molecule has 3 aliphatic rings. The van der Waals surface area contributed by atoms with Gasteiger partial charge in [0.25, 0.3) is 0 Å². The summed E-state index contributed by atoms with van der Waals surface area (Å²) in [5.74, 6) is -81.6. The summed E-state index contributed by atoms with van der Waals surface area (Å²) in [7, 11) is 0. The zero-order chi connectivity index (χ0) is 74.2. The van der Waals surface area contributed by atoms with Crippen LogP contribution in [0.4, 0.5) is 132 Å². The van der Waals surface area contributed by atoms with Gasteiger partial charge in [0.1, 0.15) is 0 Å². The summed E-state index contributed by atoms with van der Waals surface area (Å²) in [4.78, 5) is 14.4. The Morgan fingerprint density at radius 2 is 0.588 bits per heavy atom. The summed E-state index contributed by atoms with van der Waals surface area (Å²) in [5.41, 5.74) is -27.5. The Kier molecular flexibility index (Phi) is 17.8. The van der Waals surface area contributed by atoms with Crippen LogP contribution in [-0.4, -0.2) is 32.4 Å². The molecule has 102 heavy (non-hydrogen) atoms. The number of aliphatic imine (C=N–C) groups is 2. The molecule has 0 saturated carbocycles. The Morgan fingerprint density at radius 3 is 0.961 bits per heavy atom. The lowest BCUT2D eigenvalue weighted by atomic mass is 9.97.